The molecule has 0 aliphatic heterocycles. The lowest BCUT2D eigenvalue weighted by molar-refractivity contribution is 0.872. The van der Waals surface area contributed by atoms with Crippen LogP contribution >= 0.6 is 0 Å². The van der Waals surface area contributed by atoms with E-state index in [9.17, 15) is 0 Å². The van der Waals surface area contributed by atoms with Gasteiger partial charge in [-0.05, 0) is 25.3 Å². The topological polar surface area (TPSA) is 29.3 Å². The minimum atomic E-state index is 0.863. The third-order valence-corrected chi connectivity index (χ3v) is 3.01. The van der Waals surface area contributed by atoms with Gasteiger partial charge in [0.25, 0.3) is 0 Å². The Balaban J connectivity index is 2.69. The summed E-state index contributed by atoms with van der Waals surface area (Å²) in [4.78, 5) is 2.30. The van der Waals surface area contributed by atoms with E-state index in [0.717, 1.165) is 18.8 Å². The summed E-state index contributed by atoms with van der Waals surface area (Å²) < 4.78 is 0. The second-order valence-electron chi connectivity index (χ2n) is 3.90. The SMILES string of the molecule is CCN(CC)c1c(N)ccc2ccccc12. The molecular formula is C14H18N2. The molecule has 0 radical (unpaired) electrons. The molecule has 2 rings (SSSR count). The minimum Gasteiger partial charge on any atom is -0.397 e. The molecule has 0 spiro atoms. The van der Waals surface area contributed by atoms with E-state index in [2.05, 4.69) is 49.1 Å². The Bertz CT molecular complexity index is 487. The first-order valence-corrected chi connectivity index (χ1v) is 5.80. The van der Waals surface area contributed by atoms with E-state index >= 15 is 0 Å². The first-order valence-electron chi connectivity index (χ1n) is 5.80. The quantitative estimate of drug-likeness (QED) is 0.794. The maximum atomic E-state index is 6.10. The molecule has 84 valence electrons. The van der Waals surface area contributed by atoms with Gasteiger partial charge in [0, 0.05) is 18.5 Å². The third kappa shape index (κ3) is 1.71. The van der Waals surface area contributed by atoms with E-state index < -0.39 is 0 Å². The van der Waals surface area contributed by atoms with E-state index in [1.165, 1.54) is 16.5 Å². The Labute approximate surface area is 96.7 Å². The highest BCUT2D eigenvalue weighted by Crippen LogP contribution is 2.32. The van der Waals surface area contributed by atoms with Crippen molar-refractivity contribution in [2.24, 2.45) is 0 Å². The highest BCUT2D eigenvalue weighted by Gasteiger charge is 2.10. The van der Waals surface area contributed by atoms with Crippen molar-refractivity contribution in [3.05, 3.63) is 36.4 Å². The van der Waals surface area contributed by atoms with Crippen LogP contribution in [0.15, 0.2) is 36.4 Å². The van der Waals surface area contributed by atoms with E-state index in [0.29, 0.717) is 0 Å². The second-order valence-corrected chi connectivity index (χ2v) is 3.90. The average Bonchev–Trinajstić information content (AvgIpc) is 2.33. The second kappa shape index (κ2) is 4.44. The van der Waals surface area contributed by atoms with Crippen LogP contribution in [0.4, 0.5) is 11.4 Å². The Morgan fingerprint density at radius 1 is 1.00 bits per heavy atom. The van der Waals surface area contributed by atoms with Gasteiger partial charge in [-0.3, -0.25) is 0 Å². The predicted octanol–water partition coefficient (Wildman–Crippen LogP) is 3.27. The average molecular weight is 214 g/mol. The van der Waals surface area contributed by atoms with Gasteiger partial charge in [0.1, 0.15) is 0 Å². The fourth-order valence-electron chi connectivity index (χ4n) is 2.16. The number of nitrogens with two attached hydrogens (primary N) is 1. The van der Waals surface area contributed by atoms with Crippen molar-refractivity contribution in [1.29, 1.82) is 0 Å². The number of nitrogen functional groups attached to an aromatic ring is 1. The highest BCUT2D eigenvalue weighted by atomic mass is 15.1. The zero-order chi connectivity index (χ0) is 11.5. The smallest absolute Gasteiger partial charge is 0.0679 e. The molecule has 0 saturated heterocycles. The van der Waals surface area contributed by atoms with Crippen molar-refractivity contribution in [2.45, 2.75) is 13.8 Å². The Kier molecular flexibility index (Phi) is 3.00. The van der Waals surface area contributed by atoms with Crippen molar-refractivity contribution >= 4 is 22.1 Å². The molecule has 2 nitrogen and oxygen atoms in total. The zero-order valence-electron chi connectivity index (χ0n) is 9.90. The summed E-state index contributed by atoms with van der Waals surface area (Å²) in [5.74, 6) is 0. The van der Waals surface area contributed by atoms with Gasteiger partial charge in [-0.15, -0.1) is 0 Å². The van der Waals surface area contributed by atoms with E-state index in [1.807, 2.05) is 6.07 Å². The molecule has 0 saturated carbocycles. The van der Waals surface area contributed by atoms with Gasteiger partial charge >= 0.3 is 0 Å². The standard InChI is InChI=1S/C14H18N2/c1-3-16(4-2)14-12-8-6-5-7-11(12)9-10-13(14)15/h5-10H,3-4,15H2,1-2H3. The van der Waals surface area contributed by atoms with Gasteiger partial charge in [0.05, 0.1) is 11.4 Å². The van der Waals surface area contributed by atoms with E-state index in [-0.39, 0.29) is 0 Å². The number of fused-ring (bicyclic) bond motifs is 1. The summed E-state index contributed by atoms with van der Waals surface area (Å²) in [6.45, 7) is 6.28. The Hall–Kier alpha value is -1.70. The number of benzene rings is 2. The maximum Gasteiger partial charge on any atom is 0.0679 e. The molecule has 2 heteroatoms. The highest BCUT2D eigenvalue weighted by molar-refractivity contribution is 6.00. The summed E-state index contributed by atoms with van der Waals surface area (Å²) in [6, 6.07) is 12.5. The van der Waals surface area contributed by atoms with Crippen LogP contribution < -0.4 is 10.6 Å². The molecule has 0 unspecified atom stereocenters. The maximum absolute atomic E-state index is 6.10. The largest absolute Gasteiger partial charge is 0.397 e. The molecule has 2 aromatic rings. The molecule has 0 amide bonds. The third-order valence-electron chi connectivity index (χ3n) is 3.01. The van der Waals surface area contributed by atoms with Crippen molar-refractivity contribution in [2.75, 3.05) is 23.7 Å². The Morgan fingerprint density at radius 3 is 2.38 bits per heavy atom. The first-order chi connectivity index (χ1) is 7.77. The monoisotopic (exact) mass is 214 g/mol. The van der Waals surface area contributed by atoms with Crippen LogP contribution in [-0.2, 0) is 0 Å². The van der Waals surface area contributed by atoms with Crippen LogP contribution in [0.2, 0.25) is 0 Å². The Morgan fingerprint density at radius 2 is 1.69 bits per heavy atom. The van der Waals surface area contributed by atoms with Crippen molar-refractivity contribution in [3.8, 4) is 0 Å². The minimum absolute atomic E-state index is 0.863. The van der Waals surface area contributed by atoms with Crippen LogP contribution in [0.5, 0.6) is 0 Å². The van der Waals surface area contributed by atoms with Gasteiger partial charge < -0.3 is 10.6 Å². The first kappa shape index (κ1) is 10.8. The fraction of sp³-hybridized carbons (Fsp3) is 0.286. The van der Waals surface area contributed by atoms with Crippen LogP contribution in [-0.4, -0.2) is 13.1 Å². The van der Waals surface area contributed by atoms with Gasteiger partial charge in [0.15, 0.2) is 0 Å². The summed E-state index contributed by atoms with van der Waals surface area (Å²) in [7, 11) is 0. The molecule has 0 aliphatic carbocycles. The van der Waals surface area contributed by atoms with E-state index in [4.69, 9.17) is 5.73 Å². The molecular weight excluding hydrogens is 196 g/mol. The van der Waals surface area contributed by atoms with Crippen molar-refractivity contribution in [1.82, 2.24) is 0 Å². The van der Waals surface area contributed by atoms with Crippen LogP contribution in [0.3, 0.4) is 0 Å². The van der Waals surface area contributed by atoms with Gasteiger partial charge in [-0.25, -0.2) is 0 Å². The van der Waals surface area contributed by atoms with Crippen LogP contribution in [0.1, 0.15) is 13.8 Å². The van der Waals surface area contributed by atoms with Gasteiger partial charge in [-0.1, -0.05) is 30.3 Å². The van der Waals surface area contributed by atoms with E-state index in [1.54, 1.807) is 0 Å². The molecule has 0 atom stereocenters. The molecule has 16 heavy (non-hydrogen) atoms. The number of rotatable bonds is 3. The van der Waals surface area contributed by atoms with Gasteiger partial charge in [0.2, 0.25) is 0 Å². The summed E-state index contributed by atoms with van der Waals surface area (Å²) in [5.41, 5.74) is 8.13. The molecule has 2 N–H and O–H groups in total. The van der Waals surface area contributed by atoms with Crippen molar-refractivity contribution in [3.63, 3.8) is 0 Å². The van der Waals surface area contributed by atoms with Crippen molar-refractivity contribution < 1.29 is 0 Å². The summed E-state index contributed by atoms with van der Waals surface area (Å²) >= 11 is 0. The number of anilines is 2. The number of hydrogen-bond donors (Lipinski definition) is 1. The zero-order valence-corrected chi connectivity index (χ0v) is 9.90. The fourth-order valence-corrected chi connectivity index (χ4v) is 2.16. The predicted molar refractivity (Wildman–Crippen MR) is 71.9 cm³/mol. The molecule has 0 fully saturated rings. The molecule has 2 aromatic carbocycles. The van der Waals surface area contributed by atoms with Crippen LogP contribution in [0.25, 0.3) is 10.8 Å². The lowest BCUT2D eigenvalue weighted by Crippen LogP contribution is -2.23. The molecule has 0 aromatic heterocycles. The lowest BCUT2D eigenvalue weighted by atomic mass is 10.1. The molecule has 0 aliphatic rings. The summed E-state index contributed by atoms with van der Waals surface area (Å²) in [6.07, 6.45) is 0. The number of nitrogens with zero attached hydrogens (tertiary/aromatic N) is 1. The van der Waals surface area contributed by atoms with Crippen LogP contribution in [0, 0.1) is 0 Å². The summed E-state index contributed by atoms with van der Waals surface area (Å²) in [5, 5.41) is 2.49. The molecule has 0 bridgehead atoms. The molecule has 0 heterocycles. The lowest BCUT2D eigenvalue weighted by Gasteiger charge is -2.24. The normalized spacial score (nSPS) is 10.6. The van der Waals surface area contributed by atoms with Gasteiger partial charge in [-0.2, -0.15) is 0 Å². The number of hydrogen-bond acceptors (Lipinski definition) is 2.